The number of likely N-dealkylation sites (N-methyl/N-ethyl adjacent to an activating group) is 1. The molecule has 1 fully saturated rings. The molecule has 2 aliphatic heterocycles. The van der Waals surface area contributed by atoms with Crippen LogP contribution in [-0.2, 0) is 27.8 Å². The number of quaternary nitrogens is 1. The zero-order valence-corrected chi connectivity index (χ0v) is 17.6. The Morgan fingerprint density at radius 2 is 1.86 bits per heavy atom. The van der Waals surface area contributed by atoms with Gasteiger partial charge < -0.3 is 9.80 Å². The smallest absolute Gasteiger partial charge is 0.253 e. The molecular weight excluding hydrogens is 394 g/mol. The molecule has 1 aromatic heterocycles. The van der Waals surface area contributed by atoms with Crippen LogP contribution < -0.4 is 4.90 Å². The number of thiophene rings is 1. The van der Waals surface area contributed by atoms with Gasteiger partial charge in [0.05, 0.1) is 32.7 Å². The van der Waals surface area contributed by atoms with Crippen LogP contribution in [0.2, 0.25) is 0 Å². The van der Waals surface area contributed by atoms with E-state index in [1.807, 2.05) is 29.2 Å². The first-order chi connectivity index (χ1) is 13.5. The summed E-state index contributed by atoms with van der Waals surface area (Å²) < 4.78 is 28.3. The predicted octanol–water partition coefficient (Wildman–Crippen LogP) is 0.611. The molecule has 2 aliphatic rings. The number of hydrogen-bond acceptors (Lipinski definition) is 4. The van der Waals surface area contributed by atoms with E-state index in [9.17, 15) is 13.2 Å². The molecule has 0 spiro atoms. The van der Waals surface area contributed by atoms with E-state index in [-0.39, 0.29) is 12.5 Å². The lowest BCUT2D eigenvalue weighted by Crippen LogP contribution is -3.14. The van der Waals surface area contributed by atoms with Crippen LogP contribution in [0.1, 0.15) is 18.1 Å². The molecule has 2 aromatic rings. The topological polar surface area (TPSA) is 62.1 Å². The molecule has 0 saturated carbocycles. The summed E-state index contributed by atoms with van der Waals surface area (Å²) in [5, 5.41) is 1.76. The number of amides is 1. The molecule has 8 heteroatoms. The highest BCUT2D eigenvalue weighted by atomic mass is 32.2. The molecular formula is C20H26N3O3S2+. The van der Waals surface area contributed by atoms with Crippen LogP contribution in [0, 0.1) is 0 Å². The maximum atomic E-state index is 13.4. The average Bonchev–Trinajstić information content (AvgIpc) is 3.28. The van der Waals surface area contributed by atoms with Gasteiger partial charge in [-0.2, -0.15) is 4.31 Å². The first kappa shape index (κ1) is 19.6. The maximum absolute atomic E-state index is 13.4. The molecule has 6 nitrogen and oxygen atoms in total. The van der Waals surface area contributed by atoms with Gasteiger partial charge in [0.1, 0.15) is 10.3 Å². The number of hydrogen-bond donors (Lipinski definition) is 1. The van der Waals surface area contributed by atoms with Gasteiger partial charge >= 0.3 is 0 Å². The van der Waals surface area contributed by atoms with Crippen molar-refractivity contribution in [2.24, 2.45) is 0 Å². The lowest BCUT2D eigenvalue weighted by Gasteiger charge is -2.39. The molecule has 0 radical (unpaired) electrons. The minimum atomic E-state index is -3.71. The minimum Gasteiger partial charge on any atom is -0.332 e. The molecule has 28 heavy (non-hydrogen) atoms. The van der Waals surface area contributed by atoms with Crippen molar-refractivity contribution >= 4 is 27.3 Å². The summed E-state index contributed by atoms with van der Waals surface area (Å²) in [6.07, 6.45) is 0.431. The molecule has 0 bridgehead atoms. The second kappa shape index (κ2) is 7.94. The first-order valence-corrected chi connectivity index (χ1v) is 12.1. The first-order valence-electron chi connectivity index (χ1n) is 9.75. The van der Waals surface area contributed by atoms with Crippen LogP contribution in [0.25, 0.3) is 0 Å². The van der Waals surface area contributed by atoms with E-state index in [0.29, 0.717) is 23.7 Å². The fourth-order valence-electron chi connectivity index (χ4n) is 4.10. The lowest BCUT2D eigenvalue weighted by atomic mass is 9.95. The second-order valence-corrected chi connectivity index (χ2v) is 10.5. The quantitative estimate of drug-likeness (QED) is 0.789. The molecule has 1 N–H and O–H groups in total. The molecule has 3 heterocycles. The SMILES string of the molecule is CC[NH+]1CCN(C(=O)[C@@H]2Cc3ccccc3CN2S(=O)(=O)c2cccs2)CC1. The third kappa shape index (κ3) is 3.61. The normalized spacial score (nSPS) is 21.5. The second-order valence-electron chi connectivity index (χ2n) is 7.40. The third-order valence-corrected chi connectivity index (χ3v) is 9.06. The van der Waals surface area contributed by atoms with Gasteiger partial charge in [0, 0.05) is 6.54 Å². The van der Waals surface area contributed by atoms with Crippen molar-refractivity contribution in [3.8, 4) is 0 Å². The fourth-order valence-corrected chi connectivity index (χ4v) is 6.77. The van der Waals surface area contributed by atoms with Gasteiger partial charge in [0.2, 0.25) is 5.91 Å². The predicted molar refractivity (Wildman–Crippen MR) is 109 cm³/mol. The standard InChI is InChI=1S/C20H25N3O3S2/c1-2-21-9-11-22(12-10-21)20(24)18-14-16-6-3-4-7-17(16)15-23(18)28(25,26)19-8-5-13-27-19/h3-8,13,18H,2,9-12,14-15H2,1H3/p+1/t18-/m0/s1. The van der Waals surface area contributed by atoms with Gasteiger partial charge in [-0.05, 0) is 35.9 Å². The van der Waals surface area contributed by atoms with Gasteiger partial charge in [-0.25, -0.2) is 8.42 Å². The highest BCUT2D eigenvalue weighted by Crippen LogP contribution is 2.31. The lowest BCUT2D eigenvalue weighted by molar-refractivity contribution is -0.902. The summed E-state index contributed by atoms with van der Waals surface area (Å²) in [5.41, 5.74) is 2.04. The van der Waals surface area contributed by atoms with E-state index in [2.05, 4.69) is 6.92 Å². The van der Waals surface area contributed by atoms with Crippen molar-refractivity contribution < 1.29 is 18.1 Å². The number of benzene rings is 1. The maximum Gasteiger partial charge on any atom is 0.253 e. The van der Waals surface area contributed by atoms with Crippen LogP contribution in [0.5, 0.6) is 0 Å². The van der Waals surface area contributed by atoms with Gasteiger partial charge in [0.25, 0.3) is 10.0 Å². The Bertz CT molecular complexity index is 935. The Morgan fingerprint density at radius 3 is 2.50 bits per heavy atom. The van der Waals surface area contributed by atoms with E-state index >= 15 is 0 Å². The summed E-state index contributed by atoms with van der Waals surface area (Å²) in [7, 11) is -3.71. The van der Waals surface area contributed by atoms with Crippen LogP contribution in [0.15, 0.2) is 46.0 Å². The zero-order chi connectivity index (χ0) is 19.7. The number of sulfonamides is 1. The van der Waals surface area contributed by atoms with Crippen molar-refractivity contribution in [2.45, 2.75) is 30.1 Å². The number of carbonyl (C=O) groups is 1. The van der Waals surface area contributed by atoms with Gasteiger partial charge in [-0.1, -0.05) is 30.3 Å². The van der Waals surface area contributed by atoms with E-state index in [4.69, 9.17) is 0 Å². The van der Waals surface area contributed by atoms with Crippen molar-refractivity contribution in [1.29, 1.82) is 0 Å². The van der Waals surface area contributed by atoms with E-state index < -0.39 is 16.1 Å². The Balaban J connectivity index is 1.65. The average molecular weight is 421 g/mol. The minimum absolute atomic E-state index is 0.0650. The molecule has 4 rings (SSSR count). The monoisotopic (exact) mass is 420 g/mol. The highest BCUT2D eigenvalue weighted by molar-refractivity contribution is 7.91. The van der Waals surface area contributed by atoms with E-state index in [1.54, 1.807) is 17.5 Å². The molecule has 1 aromatic carbocycles. The highest BCUT2D eigenvalue weighted by Gasteiger charge is 2.42. The van der Waals surface area contributed by atoms with Crippen LogP contribution in [0.4, 0.5) is 0 Å². The third-order valence-electron chi connectivity index (χ3n) is 5.83. The summed E-state index contributed by atoms with van der Waals surface area (Å²) >= 11 is 1.20. The van der Waals surface area contributed by atoms with Crippen LogP contribution in [-0.4, -0.2) is 62.3 Å². The number of carbonyl (C=O) groups excluding carboxylic acids is 1. The number of piperazine rings is 1. The largest absolute Gasteiger partial charge is 0.332 e. The summed E-state index contributed by atoms with van der Waals surface area (Å²) in [6, 6.07) is 10.5. The number of rotatable bonds is 4. The molecule has 1 atom stereocenters. The van der Waals surface area contributed by atoms with Gasteiger partial charge in [-0.3, -0.25) is 4.79 Å². The van der Waals surface area contributed by atoms with E-state index in [1.165, 1.54) is 20.5 Å². The number of fused-ring (bicyclic) bond motifs is 1. The van der Waals surface area contributed by atoms with Crippen LogP contribution >= 0.6 is 11.3 Å². The Kier molecular flexibility index (Phi) is 5.55. The summed E-state index contributed by atoms with van der Waals surface area (Å²) in [6.45, 7) is 6.66. The molecule has 1 saturated heterocycles. The van der Waals surface area contributed by atoms with Crippen LogP contribution in [0.3, 0.4) is 0 Å². The van der Waals surface area contributed by atoms with Crippen molar-refractivity contribution in [3.05, 3.63) is 52.9 Å². The molecule has 0 aliphatic carbocycles. The van der Waals surface area contributed by atoms with Crippen molar-refractivity contribution in [3.63, 3.8) is 0 Å². The van der Waals surface area contributed by atoms with Crippen molar-refractivity contribution in [2.75, 3.05) is 32.7 Å². The fraction of sp³-hybridized carbons (Fsp3) is 0.450. The van der Waals surface area contributed by atoms with Crippen molar-refractivity contribution in [1.82, 2.24) is 9.21 Å². The van der Waals surface area contributed by atoms with Gasteiger partial charge in [-0.15, -0.1) is 11.3 Å². The Morgan fingerprint density at radius 1 is 1.14 bits per heavy atom. The Labute approximate surface area is 170 Å². The summed E-state index contributed by atoms with van der Waals surface area (Å²) in [4.78, 5) is 16.7. The molecule has 150 valence electrons. The molecule has 0 unspecified atom stereocenters. The summed E-state index contributed by atoms with van der Waals surface area (Å²) in [5.74, 6) is -0.0650. The zero-order valence-electron chi connectivity index (χ0n) is 16.0. The molecule has 1 amide bonds. The van der Waals surface area contributed by atoms with E-state index in [0.717, 1.165) is 30.8 Å². The number of nitrogens with zero attached hydrogens (tertiary/aromatic N) is 2. The van der Waals surface area contributed by atoms with Gasteiger partial charge in [0.15, 0.2) is 0 Å². The number of nitrogens with one attached hydrogen (secondary N) is 1. The Hall–Kier alpha value is -1.74.